The lowest BCUT2D eigenvalue weighted by Gasteiger charge is -2.21. The van der Waals surface area contributed by atoms with E-state index >= 15 is 0 Å². The molecule has 0 unspecified atom stereocenters. The first-order valence-electron chi connectivity index (χ1n) is 21.2. The zero-order valence-corrected chi connectivity index (χ0v) is 35.8. The monoisotopic (exact) mass is 883 g/mol. The van der Waals surface area contributed by atoms with Crippen molar-refractivity contribution in [3.8, 4) is 11.8 Å². The average Bonchev–Trinajstić information content (AvgIpc) is 3.76. The van der Waals surface area contributed by atoms with E-state index in [1.165, 1.54) is 18.0 Å². The second-order valence-corrected chi connectivity index (χ2v) is 14.6. The number of aliphatic carboxylic acids is 1. The van der Waals surface area contributed by atoms with Crippen LogP contribution < -0.4 is 37.1 Å². The molecule has 3 atom stereocenters. The molecule has 6 amide bonds. The highest BCUT2D eigenvalue weighted by Crippen LogP contribution is 2.23. The number of nitrogens with zero attached hydrogens (tertiary/aromatic N) is 3. The van der Waals surface area contributed by atoms with Crippen molar-refractivity contribution in [1.29, 1.82) is 5.26 Å². The quantitative estimate of drug-likeness (QED) is 0.0487. The molecule has 3 rings (SSSR count). The number of nitrogens with two attached hydrogens (primary N) is 1. The summed E-state index contributed by atoms with van der Waals surface area (Å²) >= 11 is 0. The van der Waals surface area contributed by atoms with Crippen LogP contribution in [-0.2, 0) is 43.0 Å². The fourth-order valence-corrected chi connectivity index (χ4v) is 6.43. The number of hydrogen-bond acceptors (Lipinski definition) is 14. The molecule has 0 aliphatic carbocycles. The van der Waals surface area contributed by atoms with Crippen LogP contribution in [-0.4, -0.2) is 154 Å². The van der Waals surface area contributed by atoms with Crippen molar-refractivity contribution in [2.24, 2.45) is 5.73 Å². The molecule has 63 heavy (non-hydrogen) atoms. The normalized spacial score (nSPS) is 14.2. The van der Waals surface area contributed by atoms with Crippen LogP contribution in [0.15, 0.2) is 30.5 Å². The second-order valence-electron chi connectivity index (χ2n) is 14.6. The second kappa shape index (κ2) is 29.4. The summed E-state index contributed by atoms with van der Waals surface area (Å²) in [6.07, 6.45) is 5.48. The van der Waals surface area contributed by atoms with Gasteiger partial charge >= 0.3 is 5.97 Å². The lowest BCUT2D eigenvalue weighted by atomic mass is 10.1. The number of aromatic nitrogens is 1. The van der Waals surface area contributed by atoms with Gasteiger partial charge in [-0.25, -0.2) is 4.79 Å². The molecule has 8 N–H and O–H groups in total. The molecule has 0 radical (unpaired) electrons. The summed E-state index contributed by atoms with van der Waals surface area (Å²) in [4.78, 5) is 91.9. The molecule has 346 valence electrons. The van der Waals surface area contributed by atoms with Gasteiger partial charge < -0.3 is 61.3 Å². The first-order chi connectivity index (χ1) is 30.4. The van der Waals surface area contributed by atoms with E-state index in [2.05, 4.69) is 37.6 Å². The van der Waals surface area contributed by atoms with E-state index in [0.29, 0.717) is 74.0 Å². The van der Waals surface area contributed by atoms with Crippen LogP contribution in [0.1, 0.15) is 75.1 Å². The van der Waals surface area contributed by atoms with Gasteiger partial charge in [0.25, 0.3) is 11.8 Å². The number of benzene rings is 1. The molecule has 0 bridgehead atoms. The highest BCUT2D eigenvalue weighted by atomic mass is 16.5. The summed E-state index contributed by atoms with van der Waals surface area (Å²) in [5.41, 5.74) is 6.36. The zero-order valence-electron chi connectivity index (χ0n) is 35.8. The number of carboxylic acid groups (broad SMARTS) is 1. The van der Waals surface area contributed by atoms with E-state index < -0.39 is 41.8 Å². The number of carbonyl (C=O) groups is 7. The van der Waals surface area contributed by atoms with Gasteiger partial charge in [-0.05, 0) is 76.1 Å². The van der Waals surface area contributed by atoms with Gasteiger partial charge in [0.1, 0.15) is 23.9 Å². The molecule has 0 spiro atoms. The average molecular weight is 884 g/mol. The molecule has 2 heterocycles. The summed E-state index contributed by atoms with van der Waals surface area (Å²) in [6.45, 7) is 3.74. The maximum absolute atomic E-state index is 13.0. The Morgan fingerprint density at radius 2 is 1.59 bits per heavy atom. The molecular weight excluding hydrogens is 823 g/mol. The van der Waals surface area contributed by atoms with E-state index in [9.17, 15) is 43.9 Å². The van der Waals surface area contributed by atoms with Gasteiger partial charge in [0.2, 0.25) is 23.6 Å². The van der Waals surface area contributed by atoms with Crippen LogP contribution in [0, 0.1) is 11.3 Å². The van der Waals surface area contributed by atoms with Crippen molar-refractivity contribution in [3.63, 3.8) is 0 Å². The minimum absolute atomic E-state index is 0.0243. The number of likely N-dealkylation sites (tertiary alicyclic amines) is 1. The number of unbranched alkanes of at least 4 members (excludes halogenated alkanes) is 2. The number of nitriles is 1. The third-order valence-electron chi connectivity index (χ3n) is 9.74. The number of fused-ring (bicyclic) bond motifs is 1. The van der Waals surface area contributed by atoms with Crippen molar-refractivity contribution >= 4 is 52.3 Å². The fourth-order valence-electron chi connectivity index (χ4n) is 6.43. The molecule has 21 nitrogen and oxygen atoms in total. The Morgan fingerprint density at radius 1 is 0.873 bits per heavy atom. The predicted octanol–water partition coefficient (Wildman–Crippen LogP) is -0.0963. The third kappa shape index (κ3) is 19.8. The van der Waals surface area contributed by atoms with Gasteiger partial charge in [-0.15, -0.1) is 0 Å². The molecule has 2 aromatic rings. The summed E-state index contributed by atoms with van der Waals surface area (Å²) in [5, 5.41) is 32.5. The molecule has 0 saturated carbocycles. The van der Waals surface area contributed by atoms with Gasteiger partial charge in [-0.3, -0.25) is 33.8 Å². The number of amides is 6. The standard InChI is InChI=1S/C42H61N9O12/c1-29(52)45-15-5-3-9-35(42(58)59)50-41(57)34(8-2-4-14-43)49-37(53)13-19-60-21-23-62-24-22-61-20-17-47-38(54)28-63-31-10-11-32-33(12-16-46-36(32)25-31)40(56)48-27-39(55)51-18-6-7-30(51)26-44/h10-12,16,25,30,34-35H,2-9,13-15,17-24,27-28,43H2,1H3,(H,45,52)(H,47,54)(H,48,56)(H,49,53)(H,50,57)(H,58,59)/t30-,34-,35-/m0/s1. The smallest absolute Gasteiger partial charge is 0.326 e. The fraction of sp³-hybridized carbons (Fsp3) is 0.595. The largest absolute Gasteiger partial charge is 0.484 e. The highest BCUT2D eigenvalue weighted by Gasteiger charge is 2.29. The van der Waals surface area contributed by atoms with E-state index in [4.69, 9.17) is 24.7 Å². The van der Waals surface area contributed by atoms with Crippen LogP contribution in [0.5, 0.6) is 5.75 Å². The Balaban J connectivity index is 1.23. The maximum atomic E-state index is 13.0. The van der Waals surface area contributed by atoms with Crippen LogP contribution in [0.4, 0.5) is 0 Å². The first-order valence-corrected chi connectivity index (χ1v) is 21.2. The Hall–Kier alpha value is -5.95. The SMILES string of the molecule is CC(=O)NCCCC[C@H](NC(=O)[C@H](CCCCN)NC(=O)CCOCCOCCOCCNC(=O)COc1ccc2c(C(=O)NCC(=O)N3CCC[C@H]3C#N)ccnc2c1)C(=O)O. The minimum atomic E-state index is -1.19. The summed E-state index contributed by atoms with van der Waals surface area (Å²) in [5.74, 6) is -3.16. The van der Waals surface area contributed by atoms with Crippen molar-refractivity contribution in [2.45, 2.75) is 82.8 Å². The summed E-state index contributed by atoms with van der Waals surface area (Å²) in [7, 11) is 0. The van der Waals surface area contributed by atoms with Crippen molar-refractivity contribution < 1.29 is 57.6 Å². The van der Waals surface area contributed by atoms with Gasteiger partial charge in [-0.1, -0.05) is 0 Å². The van der Waals surface area contributed by atoms with Gasteiger partial charge in [0, 0.05) is 50.6 Å². The number of rotatable bonds is 31. The number of carbonyl (C=O) groups excluding carboxylic acids is 6. The molecular formula is C42H61N9O12. The summed E-state index contributed by atoms with van der Waals surface area (Å²) < 4.78 is 22.0. The lowest BCUT2D eigenvalue weighted by Crippen LogP contribution is -2.51. The lowest BCUT2D eigenvalue weighted by molar-refractivity contribution is -0.142. The molecule has 21 heteroatoms. The van der Waals surface area contributed by atoms with Crippen LogP contribution in [0.2, 0.25) is 0 Å². The predicted molar refractivity (Wildman–Crippen MR) is 227 cm³/mol. The number of ether oxygens (including phenoxy) is 4. The van der Waals surface area contributed by atoms with Crippen molar-refractivity contribution in [1.82, 2.24) is 36.5 Å². The van der Waals surface area contributed by atoms with Crippen molar-refractivity contribution in [2.75, 3.05) is 79.0 Å². The van der Waals surface area contributed by atoms with Gasteiger partial charge in [0.05, 0.1) is 63.3 Å². The number of nitrogens with one attached hydrogen (secondary N) is 5. The molecule has 1 fully saturated rings. The van der Waals surface area contributed by atoms with Crippen molar-refractivity contribution in [3.05, 3.63) is 36.0 Å². The van der Waals surface area contributed by atoms with Crippen LogP contribution in [0.25, 0.3) is 10.9 Å². The molecule has 1 saturated heterocycles. The Labute approximate surface area is 366 Å². The first kappa shape index (κ1) is 51.4. The Bertz CT molecular complexity index is 1860. The number of carboxylic acids is 1. The molecule has 1 aromatic heterocycles. The van der Waals surface area contributed by atoms with Gasteiger partial charge in [-0.2, -0.15) is 5.26 Å². The molecule has 1 aliphatic rings. The Kier molecular flexibility index (Phi) is 24.0. The van der Waals surface area contributed by atoms with E-state index in [-0.39, 0.29) is 96.3 Å². The van der Waals surface area contributed by atoms with E-state index in [1.807, 2.05) is 0 Å². The molecule has 1 aromatic carbocycles. The Morgan fingerprint density at radius 3 is 2.30 bits per heavy atom. The number of pyridine rings is 1. The van der Waals surface area contributed by atoms with Gasteiger partial charge in [0.15, 0.2) is 6.61 Å². The van der Waals surface area contributed by atoms with E-state index in [0.717, 1.165) is 6.42 Å². The summed E-state index contributed by atoms with van der Waals surface area (Å²) in [6, 6.07) is 5.98. The maximum Gasteiger partial charge on any atom is 0.326 e. The van der Waals surface area contributed by atoms with E-state index in [1.54, 1.807) is 24.3 Å². The van der Waals surface area contributed by atoms with Crippen LogP contribution >= 0.6 is 0 Å². The topological polar surface area (TPSA) is 303 Å². The molecule has 1 aliphatic heterocycles. The van der Waals surface area contributed by atoms with Crippen LogP contribution in [0.3, 0.4) is 0 Å². The zero-order chi connectivity index (χ0) is 45.8. The third-order valence-corrected chi connectivity index (χ3v) is 9.74. The number of hydrogen-bond donors (Lipinski definition) is 7. The minimum Gasteiger partial charge on any atom is -0.484 e. The highest BCUT2D eigenvalue weighted by molar-refractivity contribution is 6.07.